The Bertz CT molecular complexity index is 1150. The van der Waals surface area contributed by atoms with Crippen LogP contribution < -0.4 is 10.9 Å². The Morgan fingerprint density at radius 3 is 2.81 bits per heavy atom. The van der Waals surface area contributed by atoms with Crippen LogP contribution in [-0.4, -0.2) is 31.2 Å². The Labute approximate surface area is 161 Å². The van der Waals surface area contributed by atoms with Crippen LogP contribution in [0.25, 0.3) is 17.2 Å². The summed E-state index contributed by atoms with van der Waals surface area (Å²) in [4.78, 5) is 32.6. The first kappa shape index (κ1) is 17.4. The van der Waals surface area contributed by atoms with Crippen LogP contribution in [-0.2, 0) is 4.79 Å². The predicted octanol–water partition coefficient (Wildman–Crippen LogP) is 3.06. The monoisotopic (exact) mass is 401 g/mol. The largest absolute Gasteiger partial charge is 0.461 e. The van der Waals surface area contributed by atoms with Crippen LogP contribution in [0.3, 0.4) is 0 Å². The molecule has 1 aromatic carbocycles. The summed E-state index contributed by atoms with van der Waals surface area (Å²) in [6.07, 6.45) is 1.51. The Morgan fingerprint density at radius 1 is 1.26 bits per heavy atom. The molecule has 27 heavy (non-hydrogen) atoms. The molecule has 0 aliphatic carbocycles. The molecule has 0 saturated heterocycles. The van der Waals surface area contributed by atoms with Gasteiger partial charge in [0, 0.05) is 16.8 Å². The van der Waals surface area contributed by atoms with Crippen molar-refractivity contribution in [3.8, 4) is 11.6 Å². The summed E-state index contributed by atoms with van der Waals surface area (Å²) in [5.74, 6) is 0.674. The topological polar surface area (TPSA) is 105 Å². The van der Waals surface area contributed by atoms with E-state index in [-0.39, 0.29) is 17.2 Å². The molecule has 8 nitrogen and oxygen atoms in total. The number of carbonyl (C=O) groups excluding carboxylic acids is 1. The number of halogens is 1. The van der Waals surface area contributed by atoms with Crippen LogP contribution in [0.4, 0.5) is 5.69 Å². The fraction of sp³-hybridized carbons (Fsp3) is 0.0588. The number of furan rings is 1. The van der Waals surface area contributed by atoms with E-state index in [2.05, 4.69) is 20.4 Å². The van der Waals surface area contributed by atoms with Crippen molar-refractivity contribution in [1.82, 2.24) is 19.6 Å². The number of amides is 1. The lowest BCUT2D eigenvalue weighted by Gasteiger charge is -2.07. The highest BCUT2D eigenvalue weighted by atomic mass is 35.5. The Hall–Kier alpha value is -3.04. The van der Waals surface area contributed by atoms with Crippen LogP contribution in [0.2, 0.25) is 5.02 Å². The van der Waals surface area contributed by atoms with E-state index in [0.717, 1.165) is 0 Å². The average molecular weight is 402 g/mol. The quantitative estimate of drug-likeness (QED) is 0.498. The maximum Gasteiger partial charge on any atom is 0.266 e. The van der Waals surface area contributed by atoms with Crippen molar-refractivity contribution in [1.29, 1.82) is 0 Å². The lowest BCUT2D eigenvalue weighted by atomic mass is 10.3. The summed E-state index contributed by atoms with van der Waals surface area (Å²) < 4.78 is 6.76. The number of benzene rings is 1. The van der Waals surface area contributed by atoms with Crippen molar-refractivity contribution >= 4 is 40.6 Å². The van der Waals surface area contributed by atoms with E-state index in [1.165, 1.54) is 28.6 Å². The highest BCUT2D eigenvalue weighted by molar-refractivity contribution is 7.99. The SMILES string of the molecule is O=C(CSc1nc(-c2ccco2)nc2cc(=O)[nH]n12)Nc1ccc(Cl)cc1. The summed E-state index contributed by atoms with van der Waals surface area (Å²) in [5.41, 5.74) is 0.721. The third-order valence-electron chi connectivity index (χ3n) is 3.53. The van der Waals surface area contributed by atoms with E-state index in [1.54, 1.807) is 36.4 Å². The molecule has 4 rings (SSSR count). The van der Waals surface area contributed by atoms with Crippen LogP contribution in [0.15, 0.2) is 63.1 Å². The van der Waals surface area contributed by atoms with Gasteiger partial charge in [0.25, 0.3) is 5.56 Å². The number of thioether (sulfide) groups is 1. The molecule has 0 aliphatic heterocycles. The number of nitrogens with zero attached hydrogens (tertiary/aromatic N) is 3. The first-order chi connectivity index (χ1) is 13.1. The molecular weight excluding hydrogens is 390 g/mol. The lowest BCUT2D eigenvalue weighted by Crippen LogP contribution is -2.15. The zero-order chi connectivity index (χ0) is 18.8. The lowest BCUT2D eigenvalue weighted by molar-refractivity contribution is -0.113. The van der Waals surface area contributed by atoms with Gasteiger partial charge in [0.15, 0.2) is 22.4 Å². The van der Waals surface area contributed by atoms with Gasteiger partial charge in [0.1, 0.15) is 0 Å². The molecule has 0 atom stereocenters. The van der Waals surface area contributed by atoms with Gasteiger partial charge in [0.2, 0.25) is 5.91 Å². The standard InChI is InChI=1S/C17H12ClN5O3S/c18-10-3-5-11(6-4-10)19-15(25)9-27-17-21-16(12-2-1-7-26-12)20-13-8-14(24)22-23(13)17/h1-8H,9H2,(H,19,25)(H,22,24). The normalized spacial score (nSPS) is 11.0. The predicted molar refractivity (Wildman–Crippen MR) is 102 cm³/mol. The second kappa shape index (κ2) is 7.29. The fourth-order valence-electron chi connectivity index (χ4n) is 2.36. The summed E-state index contributed by atoms with van der Waals surface area (Å²) in [7, 11) is 0. The number of rotatable bonds is 5. The number of aromatic amines is 1. The van der Waals surface area contributed by atoms with Gasteiger partial charge in [-0.25, -0.2) is 9.50 Å². The zero-order valence-electron chi connectivity index (χ0n) is 13.7. The van der Waals surface area contributed by atoms with E-state index < -0.39 is 0 Å². The van der Waals surface area contributed by atoms with Crippen LogP contribution in [0, 0.1) is 0 Å². The van der Waals surface area contributed by atoms with Crippen molar-refractivity contribution in [3.05, 3.63) is 64.1 Å². The third-order valence-corrected chi connectivity index (χ3v) is 4.72. The number of carbonyl (C=O) groups is 1. The molecule has 10 heteroatoms. The summed E-state index contributed by atoms with van der Waals surface area (Å²) in [6, 6.07) is 11.6. The van der Waals surface area contributed by atoms with Gasteiger partial charge in [-0.05, 0) is 36.4 Å². The van der Waals surface area contributed by atoms with E-state index >= 15 is 0 Å². The number of hydrogen-bond donors (Lipinski definition) is 2. The van der Waals surface area contributed by atoms with E-state index in [4.69, 9.17) is 16.0 Å². The first-order valence-electron chi connectivity index (χ1n) is 7.80. The number of fused-ring (bicyclic) bond motifs is 1. The van der Waals surface area contributed by atoms with Crippen LogP contribution in [0.1, 0.15) is 0 Å². The van der Waals surface area contributed by atoms with Crippen molar-refractivity contribution in [2.24, 2.45) is 0 Å². The minimum absolute atomic E-state index is 0.0898. The molecule has 0 spiro atoms. The molecular formula is C17H12ClN5O3S. The van der Waals surface area contributed by atoms with E-state index in [1.807, 2.05) is 0 Å². The second-order valence-electron chi connectivity index (χ2n) is 5.46. The Balaban J connectivity index is 1.56. The number of H-pyrrole nitrogens is 1. The van der Waals surface area contributed by atoms with Crippen molar-refractivity contribution in [3.63, 3.8) is 0 Å². The van der Waals surface area contributed by atoms with E-state index in [9.17, 15) is 9.59 Å². The van der Waals surface area contributed by atoms with Gasteiger partial charge in [-0.1, -0.05) is 23.4 Å². The minimum atomic E-state index is -0.312. The number of anilines is 1. The molecule has 3 aromatic heterocycles. The Morgan fingerprint density at radius 2 is 2.07 bits per heavy atom. The van der Waals surface area contributed by atoms with Gasteiger partial charge in [-0.2, -0.15) is 4.98 Å². The third kappa shape index (κ3) is 3.88. The average Bonchev–Trinajstić information content (AvgIpc) is 3.30. The highest BCUT2D eigenvalue weighted by Crippen LogP contribution is 2.22. The van der Waals surface area contributed by atoms with Crippen LogP contribution in [0.5, 0.6) is 0 Å². The first-order valence-corrected chi connectivity index (χ1v) is 9.17. The van der Waals surface area contributed by atoms with Gasteiger partial charge in [-0.3, -0.25) is 14.7 Å². The van der Waals surface area contributed by atoms with Crippen molar-refractivity contribution in [2.45, 2.75) is 5.16 Å². The Kier molecular flexibility index (Phi) is 4.69. The maximum atomic E-state index is 12.2. The van der Waals surface area contributed by atoms with Gasteiger partial charge in [0.05, 0.1) is 12.0 Å². The molecule has 0 fully saturated rings. The molecule has 3 heterocycles. The highest BCUT2D eigenvalue weighted by Gasteiger charge is 2.14. The van der Waals surface area contributed by atoms with Gasteiger partial charge in [-0.15, -0.1) is 0 Å². The maximum absolute atomic E-state index is 12.2. The van der Waals surface area contributed by atoms with Gasteiger partial charge < -0.3 is 9.73 Å². The molecule has 0 bridgehead atoms. The molecule has 1 amide bonds. The zero-order valence-corrected chi connectivity index (χ0v) is 15.3. The minimum Gasteiger partial charge on any atom is -0.461 e. The molecule has 0 radical (unpaired) electrons. The van der Waals surface area contributed by atoms with Gasteiger partial charge >= 0.3 is 0 Å². The van der Waals surface area contributed by atoms with Crippen molar-refractivity contribution in [2.75, 3.05) is 11.1 Å². The molecule has 2 N–H and O–H groups in total. The second-order valence-corrected chi connectivity index (χ2v) is 6.84. The molecule has 0 unspecified atom stereocenters. The smallest absolute Gasteiger partial charge is 0.266 e. The summed E-state index contributed by atoms with van der Waals surface area (Å²) in [6.45, 7) is 0. The molecule has 0 aliphatic rings. The molecule has 4 aromatic rings. The van der Waals surface area contributed by atoms with E-state index in [0.29, 0.717) is 33.1 Å². The molecule has 136 valence electrons. The summed E-state index contributed by atoms with van der Waals surface area (Å²) >= 11 is 7.00. The number of hydrogen-bond acceptors (Lipinski definition) is 6. The summed E-state index contributed by atoms with van der Waals surface area (Å²) in [5, 5.41) is 6.40. The number of aromatic nitrogens is 4. The fourth-order valence-corrected chi connectivity index (χ4v) is 3.23. The number of nitrogens with one attached hydrogen (secondary N) is 2. The molecule has 0 saturated carbocycles. The van der Waals surface area contributed by atoms with Crippen LogP contribution >= 0.6 is 23.4 Å². The van der Waals surface area contributed by atoms with Crippen molar-refractivity contribution < 1.29 is 9.21 Å².